The summed E-state index contributed by atoms with van der Waals surface area (Å²) in [5.41, 5.74) is 0.739. The molecule has 0 unspecified atom stereocenters. The van der Waals surface area contributed by atoms with Crippen LogP contribution in [0.15, 0.2) is 18.3 Å². The molecule has 0 fully saturated rings. The smallest absolute Gasteiger partial charge is 0.212 e. The van der Waals surface area contributed by atoms with Crippen molar-refractivity contribution in [3.63, 3.8) is 0 Å². The molecule has 2 aromatic heterocycles. The fourth-order valence-corrected chi connectivity index (χ4v) is 1.70. The quantitative estimate of drug-likeness (QED) is 0.713. The van der Waals surface area contributed by atoms with E-state index in [4.69, 9.17) is 0 Å². The zero-order chi connectivity index (χ0) is 11.0. The van der Waals surface area contributed by atoms with E-state index in [1.54, 1.807) is 6.07 Å². The molecule has 0 spiro atoms. The van der Waals surface area contributed by atoms with Gasteiger partial charge in [-0.2, -0.15) is 9.49 Å². The molecule has 0 saturated carbocycles. The van der Waals surface area contributed by atoms with Gasteiger partial charge in [0, 0.05) is 18.3 Å². The van der Waals surface area contributed by atoms with Crippen LogP contribution >= 0.6 is 0 Å². The van der Waals surface area contributed by atoms with E-state index >= 15 is 0 Å². The van der Waals surface area contributed by atoms with Gasteiger partial charge in [-0.05, 0) is 12.1 Å². The molecule has 3 rings (SSSR count). The molecule has 16 heavy (non-hydrogen) atoms. The predicted molar refractivity (Wildman–Crippen MR) is 54.9 cm³/mol. The molecule has 0 atom stereocenters. The summed E-state index contributed by atoms with van der Waals surface area (Å²) in [6, 6.07) is 2.95. The van der Waals surface area contributed by atoms with E-state index < -0.39 is 5.95 Å². The lowest BCUT2D eigenvalue weighted by Gasteiger charge is -2.11. The Bertz CT molecular complexity index is 481. The van der Waals surface area contributed by atoms with E-state index in [0.29, 0.717) is 5.82 Å². The summed E-state index contributed by atoms with van der Waals surface area (Å²) in [6.45, 7) is 2.44. The maximum absolute atomic E-state index is 12.7. The molecule has 1 aliphatic heterocycles. The number of pyridine rings is 1. The molecule has 82 valence electrons. The number of halogens is 1. The van der Waals surface area contributed by atoms with Crippen LogP contribution in [0, 0.1) is 5.95 Å². The number of fused-ring (bicyclic) bond motifs is 1. The number of rotatable bonds is 1. The number of nitrogens with zero attached hydrogens (tertiary/aromatic N) is 4. The van der Waals surface area contributed by atoms with Gasteiger partial charge >= 0.3 is 0 Å². The Morgan fingerprint density at radius 2 is 2.31 bits per heavy atom. The average molecular weight is 219 g/mol. The van der Waals surface area contributed by atoms with Gasteiger partial charge in [0.05, 0.1) is 13.1 Å². The van der Waals surface area contributed by atoms with E-state index in [1.807, 2.05) is 4.68 Å². The maximum atomic E-state index is 12.7. The van der Waals surface area contributed by atoms with Crippen molar-refractivity contribution >= 4 is 0 Å². The highest BCUT2D eigenvalue weighted by molar-refractivity contribution is 5.52. The van der Waals surface area contributed by atoms with Crippen molar-refractivity contribution in [3.05, 3.63) is 30.1 Å². The Morgan fingerprint density at radius 1 is 1.38 bits per heavy atom. The molecule has 1 aliphatic rings. The van der Waals surface area contributed by atoms with Crippen molar-refractivity contribution in [3.8, 4) is 11.4 Å². The predicted octanol–water partition coefficient (Wildman–Crippen LogP) is 0.582. The Kier molecular flexibility index (Phi) is 2.14. The highest BCUT2D eigenvalue weighted by Gasteiger charge is 2.14. The first-order chi connectivity index (χ1) is 7.83. The summed E-state index contributed by atoms with van der Waals surface area (Å²) in [4.78, 5) is 7.97. The minimum atomic E-state index is -0.491. The Balaban J connectivity index is 2.00. The fourth-order valence-electron chi connectivity index (χ4n) is 1.70. The van der Waals surface area contributed by atoms with Gasteiger partial charge in [-0.15, -0.1) is 0 Å². The van der Waals surface area contributed by atoms with E-state index in [0.717, 1.165) is 31.0 Å². The fraction of sp³-hybridized carbons (Fsp3) is 0.300. The molecular weight excluding hydrogens is 209 g/mol. The standard InChI is InChI=1S/C10H10FN5/c11-8-2-1-7(5-13-8)10-14-9-6-12-3-4-16(9)15-10/h1-2,5,12H,3-4,6H2. The van der Waals surface area contributed by atoms with Gasteiger partial charge in [-0.25, -0.2) is 14.6 Å². The summed E-state index contributed by atoms with van der Waals surface area (Å²) < 4.78 is 14.5. The van der Waals surface area contributed by atoms with E-state index in [9.17, 15) is 4.39 Å². The number of hydrogen-bond donors (Lipinski definition) is 1. The van der Waals surface area contributed by atoms with Crippen molar-refractivity contribution in [1.82, 2.24) is 25.1 Å². The van der Waals surface area contributed by atoms with Gasteiger partial charge in [0.1, 0.15) is 5.82 Å². The van der Waals surface area contributed by atoms with Gasteiger partial charge in [0.15, 0.2) is 5.82 Å². The van der Waals surface area contributed by atoms with Crippen LogP contribution in [-0.2, 0) is 13.1 Å². The summed E-state index contributed by atoms with van der Waals surface area (Å²) >= 11 is 0. The molecule has 3 heterocycles. The van der Waals surface area contributed by atoms with Crippen LogP contribution in [0.1, 0.15) is 5.82 Å². The lowest BCUT2D eigenvalue weighted by atomic mass is 10.3. The van der Waals surface area contributed by atoms with Crippen molar-refractivity contribution in [1.29, 1.82) is 0 Å². The van der Waals surface area contributed by atoms with Crippen LogP contribution in [0.3, 0.4) is 0 Å². The molecule has 0 saturated heterocycles. The largest absolute Gasteiger partial charge is 0.308 e. The van der Waals surface area contributed by atoms with Crippen LogP contribution in [-0.4, -0.2) is 26.3 Å². The van der Waals surface area contributed by atoms with E-state index in [2.05, 4.69) is 20.4 Å². The monoisotopic (exact) mass is 219 g/mol. The highest BCUT2D eigenvalue weighted by atomic mass is 19.1. The number of hydrogen-bond acceptors (Lipinski definition) is 4. The lowest BCUT2D eigenvalue weighted by molar-refractivity contribution is 0.469. The molecule has 1 N–H and O–H groups in total. The van der Waals surface area contributed by atoms with Crippen LogP contribution in [0.25, 0.3) is 11.4 Å². The third kappa shape index (κ3) is 1.57. The molecule has 6 heteroatoms. The average Bonchev–Trinajstić information content (AvgIpc) is 2.73. The second-order valence-corrected chi connectivity index (χ2v) is 3.62. The first kappa shape index (κ1) is 9.41. The topological polar surface area (TPSA) is 55.6 Å². The first-order valence-corrected chi connectivity index (χ1v) is 5.09. The van der Waals surface area contributed by atoms with E-state index in [-0.39, 0.29) is 0 Å². The summed E-state index contributed by atoms with van der Waals surface area (Å²) in [5.74, 6) is 1.02. The third-order valence-electron chi connectivity index (χ3n) is 2.52. The molecule has 0 radical (unpaired) electrons. The van der Waals surface area contributed by atoms with Gasteiger partial charge in [0.25, 0.3) is 0 Å². The van der Waals surface area contributed by atoms with Gasteiger partial charge < -0.3 is 5.32 Å². The van der Waals surface area contributed by atoms with Crippen molar-refractivity contribution in [2.75, 3.05) is 6.54 Å². The van der Waals surface area contributed by atoms with Crippen molar-refractivity contribution < 1.29 is 4.39 Å². The zero-order valence-electron chi connectivity index (χ0n) is 8.52. The molecule has 0 amide bonds. The van der Waals surface area contributed by atoms with Gasteiger partial charge in [0.2, 0.25) is 5.95 Å². The molecule has 2 aromatic rings. The Labute approximate surface area is 91.3 Å². The SMILES string of the molecule is Fc1ccc(-c2nc3n(n2)CCNC3)cn1. The van der Waals surface area contributed by atoms with Crippen LogP contribution in [0.2, 0.25) is 0 Å². The van der Waals surface area contributed by atoms with Gasteiger partial charge in [-0.1, -0.05) is 0 Å². The molecule has 0 aliphatic carbocycles. The van der Waals surface area contributed by atoms with Gasteiger partial charge in [-0.3, -0.25) is 0 Å². The van der Waals surface area contributed by atoms with E-state index in [1.165, 1.54) is 12.3 Å². The minimum absolute atomic E-state index is 0.491. The molecule has 0 bridgehead atoms. The Morgan fingerprint density at radius 3 is 3.06 bits per heavy atom. The van der Waals surface area contributed by atoms with Crippen LogP contribution in [0.5, 0.6) is 0 Å². The number of aromatic nitrogens is 4. The molecular formula is C10H10FN5. The van der Waals surface area contributed by atoms with Crippen LogP contribution < -0.4 is 5.32 Å². The zero-order valence-corrected chi connectivity index (χ0v) is 8.52. The second-order valence-electron chi connectivity index (χ2n) is 3.62. The minimum Gasteiger partial charge on any atom is -0.308 e. The second kappa shape index (κ2) is 3.64. The normalized spacial score (nSPS) is 14.8. The summed E-state index contributed by atoms with van der Waals surface area (Å²) in [6.07, 6.45) is 1.45. The third-order valence-corrected chi connectivity index (χ3v) is 2.52. The molecule has 5 nitrogen and oxygen atoms in total. The number of nitrogens with one attached hydrogen (secondary N) is 1. The Hall–Kier alpha value is -1.82. The summed E-state index contributed by atoms with van der Waals surface area (Å²) in [5, 5.41) is 7.57. The van der Waals surface area contributed by atoms with Crippen molar-refractivity contribution in [2.45, 2.75) is 13.1 Å². The maximum Gasteiger partial charge on any atom is 0.212 e. The lowest BCUT2D eigenvalue weighted by Crippen LogP contribution is -2.28. The van der Waals surface area contributed by atoms with Crippen molar-refractivity contribution in [2.24, 2.45) is 0 Å². The van der Waals surface area contributed by atoms with Crippen LogP contribution in [0.4, 0.5) is 4.39 Å². The molecule has 0 aromatic carbocycles. The highest BCUT2D eigenvalue weighted by Crippen LogP contribution is 2.15. The summed E-state index contributed by atoms with van der Waals surface area (Å²) in [7, 11) is 0. The first-order valence-electron chi connectivity index (χ1n) is 5.09.